The van der Waals surface area contributed by atoms with Gasteiger partial charge in [0.15, 0.2) is 0 Å². The van der Waals surface area contributed by atoms with E-state index in [4.69, 9.17) is 11.5 Å². The van der Waals surface area contributed by atoms with E-state index in [0.29, 0.717) is 0 Å². The van der Waals surface area contributed by atoms with Crippen molar-refractivity contribution in [3.05, 3.63) is 18.2 Å². The molecule has 0 radical (unpaired) electrons. The van der Waals surface area contributed by atoms with Gasteiger partial charge in [0.05, 0.1) is 11.4 Å². The van der Waals surface area contributed by atoms with Gasteiger partial charge in [-0.25, -0.2) is 0 Å². The molecule has 1 aromatic rings. The fourth-order valence-corrected chi connectivity index (χ4v) is 1.19. The van der Waals surface area contributed by atoms with Crippen molar-refractivity contribution in [3.8, 4) is 0 Å². The second kappa shape index (κ2) is 2.89. The summed E-state index contributed by atoms with van der Waals surface area (Å²) in [7, 11) is 0. The summed E-state index contributed by atoms with van der Waals surface area (Å²) >= 11 is -2.31. The number of nitrogen functional groups attached to an aromatic ring is 2. The third-order valence-electron chi connectivity index (χ3n) is 1.28. The molecular formula is C6H7N2O2S-. The molecule has 0 heterocycles. The number of hydrogen-bond donors (Lipinski definition) is 2. The minimum atomic E-state index is -2.31. The van der Waals surface area contributed by atoms with Crippen LogP contribution < -0.4 is 11.5 Å². The standard InChI is InChI=1S/C6H8N2O2S/c7-4-2-1-3-5(6(4)8)11(9)10/h1-3H,7-8H2,(H,9,10)/p-1. The third-order valence-corrected chi connectivity index (χ3v) is 1.99. The van der Waals surface area contributed by atoms with Gasteiger partial charge in [-0.05, 0) is 23.2 Å². The second-order valence-corrected chi connectivity index (χ2v) is 2.90. The maximum absolute atomic E-state index is 10.4. The lowest BCUT2D eigenvalue weighted by atomic mass is 10.3. The average molecular weight is 171 g/mol. The van der Waals surface area contributed by atoms with Gasteiger partial charge < -0.3 is 16.0 Å². The maximum Gasteiger partial charge on any atom is 0.0700 e. The largest absolute Gasteiger partial charge is 0.768 e. The molecule has 0 aliphatic carbocycles. The van der Waals surface area contributed by atoms with E-state index in [1.54, 1.807) is 6.07 Å². The minimum Gasteiger partial charge on any atom is -0.768 e. The van der Waals surface area contributed by atoms with E-state index in [1.165, 1.54) is 12.1 Å². The Hall–Kier alpha value is -1.07. The summed E-state index contributed by atoms with van der Waals surface area (Å²) in [6.07, 6.45) is 0. The first-order chi connectivity index (χ1) is 5.13. The Morgan fingerprint density at radius 2 is 2.00 bits per heavy atom. The number of nitrogens with two attached hydrogens (primary N) is 2. The molecule has 60 valence electrons. The number of anilines is 2. The molecule has 11 heavy (non-hydrogen) atoms. The van der Waals surface area contributed by atoms with E-state index >= 15 is 0 Å². The Bertz CT molecular complexity index is 301. The van der Waals surface area contributed by atoms with Crippen LogP contribution in [0.15, 0.2) is 23.1 Å². The van der Waals surface area contributed by atoms with Crippen LogP contribution in [0.3, 0.4) is 0 Å². The van der Waals surface area contributed by atoms with Crippen molar-refractivity contribution in [2.24, 2.45) is 0 Å². The Balaban J connectivity index is 3.27. The van der Waals surface area contributed by atoms with Gasteiger partial charge in [-0.3, -0.25) is 4.21 Å². The molecule has 1 unspecified atom stereocenters. The summed E-state index contributed by atoms with van der Waals surface area (Å²) in [5.41, 5.74) is 11.1. The van der Waals surface area contributed by atoms with Gasteiger partial charge in [-0.2, -0.15) is 0 Å². The number of benzene rings is 1. The Morgan fingerprint density at radius 3 is 2.45 bits per heavy atom. The lowest BCUT2D eigenvalue weighted by molar-refractivity contribution is 0.537. The van der Waals surface area contributed by atoms with Crippen LogP contribution in [0.1, 0.15) is 0 Å². The molecule has 4 N–H and O–H groups in total. The fraction of sp³-hybridized carbons (Fsp3) is 0. The van der Waals surface area contributed by atoms with Gasteiger partial charge in [-0.1, -0.05) is 6.07 Å². The van der Waals surface area contributed by atoms with Crippen LogP contribution in [0.5, 0.6) is 0 Å². The smallest absolute Gasteiger partial charge is 0.0700 e. The van der Waals surface area contributed by atoms with Crippen molar-refractivity contribution >= 4 is 22.5 Å². The van der Waals surface area contributed by atoms with Crippen LogP contribution in [0, 0.1) is 0 Å². The van der Waals surface area contributed by atoms with Crippen LogP contribution in [-0.4, -0.2) is 8.76 Å². The van der Waals surface area contributed by atoms with Gasteiger partial charge in [0.1, 0.15) is 0 Å². The van der Waals surface area contributed by atoms with Crippen molar-refractivity contribution in [2.45, 2.75) is 4.90 Å². The molecule has 1 atom stereocenters. The van der Waals surface area contributed by atoms with Gasteiger partial charge in [-0.15, -0.1) is 0 Å². The van der Waals surface area contributed by atoms with Crippen LogP contribution >= 0.6 is 0 Å². The lowest BCUT2D eigenvalue weighted by Gasteiger charge is -2.09. The number of hydrogen-bond acceptors (Lipinski definition) is 4. The molecule has 0 saturated heterocycles. The average Bonchev–Trinajstić information content (AvgIpc) is 1.94. The molecule has 0 bridgehead atoms. The van der Waals surface area contributed by atoms with Crippen molar-refractivity contribution < 1.29 is 8.76 Å². The summed E-state index contributed by atoms with van der Waals surface area (Å²) < 4.78 is 20.9. The first kappa shape index (κ1) is 8.03. The van der Waals surface area contributed by atoms with E-state index < -0.39 is 11.1 Å². The van der Waals surface area contributed by atoms with Gasteiger partial charge in [0, 0.05) is 4.90 Å². The molecular weight excluding hydrogens is 164 g/mol. The molecule has 0 aliphatic rings. The SMILES string of the molecule is Nc1cccc(S(=O)[O-])c1N. The zero-order valence-corrected chi connectivity index (χ0v) is 6.43. The quantitative estimate of drug-likeness (QED) is 0.462. The molecule has 0 amide bonds. The van der Waals surface area contributed by atoms with E-state index in [-0.39, 0.29) is 16.3 Å². The van der Waals surface area contributed by atoms with Gasteiger partial charge >= 0.3 is 0 Å². The van der Waals surface area contributed by atoms with Crippen molar-refractivity contribution in [2.75, 3.05) is 11.5 Å². The number of para-hydroxylation sites is 1. The highest BCUT2D eigenvalue weighted by atomic mass is 32.2. The Kier molecular flexibility index (Phi) is 2.11. The molecule has 0 aromatic heterocycles. The van der Waals surface area contributed by atoms with Crippen molar-refractivity contribution in [3.63, 3.8) is 0 Å². The highest BCUT2D eigenvalue weighted by Gasteiger charge is 2.00. The van der Waals surface area contributed by atoms with Gasteiger partial charge in [0.2, 0.25) is 0 Å². The third kappa shape index (κ3) is 1.50. The zero-order chi connectivity index (χ0) is 8.43. The van der Waals surface area contributed by atoms with Crippen molar-refractivity contribution in [1.29, 1.82) is 0 Å². The van der Waals surface area contributed by atoms with Crippen LogP contribution in [-0.2, 0) is 11.1 Å². The van der Waals surface area contributed by atoms with Gasteiger partial charge in [0.25, 0.3) is 0 Å². The van der Waals surface area contributed by atoms with Crippen LogP contribution in [0.2, 0.25) is 0 Å². The summed E-state index contributed by atoms with van der Waals surface area (Å²) in [5.74, 6) is 0. The molecule has 5 heteroatoms. The lowest BCUT2D eigenvalue weighted by Crippen LogP contribution is -2.00. The molecule has 0 fully saturated rings. The summed E-state index contributed by atoms with van der Waals surface area (Å²) in [6.45, 7) is 0. The monoisotopic (exact) mass is 171 g/mol. The van der Waals surface area contributed by atoms with Crippen LogP contribution in [0.4, 0.5) is 11.4 Å². The molecule has 0 spiro atoms. The van der Waals surface area contributed by atoms with E-state index in [0.717, 1.165) is 0 Å². The fourth-order valence-electron chi connectivity index (χ4n) is 0.706. The first-order valence-corrected chi connectivity index (χ1v) is 3.93. The molecule has 1 aromatic carbocycles. The Labute approximate surface area is 66.5 Å². The molecule has 1 rings (SSSR count). The first-order valence-electron chi connectivity index (χ1n) is 2.86. The Morgan fingerprint density at radius 1 is 1.36 bits per heavy atom. The van der Waals surface area contributed by atoms with Crippen LogP contribution in [0.25, 0.3) is 0 Å². The number of rotatable bonds is 1. The summed E-state index contributed by atoms with van der Waals surface area (Å²) in [4.78, 5) is 0.0463. The topological polar surface area (TPSA) is 92.2 Å². The second-order valence-electron chi connectivity index (χ2n) is 1.99. The summed E-state index contributed by atoms with van der Waals surface area (Å²) in [5, 5.41) is 0. The predicted molar refractivity (Wildman–Crippen MR) is 42.5 cm³/mol. The molecule has 0 saturated carbocycles. The van der Waals surface area contributed by atoms with Crippen molar-refractivity contribution in [1.82, 2.24) is 0 Å². The highest BCUT2D eigenvalue weighted by molar-refractivity contribution is 7.79. The maximum atomic E-state index is 10.4. The van der Waals surface area contributed by atoms with E-state index in [1.807, 2.05) is 0 Å². The summed E-state index contributed by atoms with van der Waals surface area (Å²) in [6, 6.07) is 4.48. The highest BCUT2D eigenvalue weighted by Crippen LogP contribution is 2.21. The van der Waals surface area contributed by atoms with E-state index in [9.17, 15) is 8.76 Å². The molecule has 0 aliphatic heterocycles. The zero-order valence-electron chi connectivity index (χ0n) is 5.61. The predicted octanol–water partition coefficient (Wildman–Crippen LogP) is 0.0890. The van der Waals surface area contributed by atoms with E-state index in [2.05, 4.69) is 0 Å². The minimum absolute atomic E-state index is 0.0463. The normalized spacial score (nSPS) is 12.8. The molecule has 4 nitrogen and oxygen atoms in total.